The van der Waals surface area contributed by atoms with Gasteiger partial charge in [-0.15, -0.1) is 0 Å². The first-order valence-electron chi connectivity index (χ1n) is 13.5. The molecule has 0 aliphatic rings. The lowest BCUT2D eigenvalue weighted by Gasteiger charge is -2.45. The highest BCUT2D eigenvalue weighted by Gasteiger charge is 2.44. The van der Waals surface area contributed by atoms with Gasteiger partial charge >= 0.3 is 6.09 Å². The number of anilines is 1. The molecule has 2 atom stereocenters. The summed E-state index contributed by atoms with van der Waals surface area (Å²) >= 11 is 0. The Bertz CT molecular complexity index is 1160. The molecule has 2 aromatic carbocycles. The second kappa shape index (κ2) is 12.5. The number of nitrogens with zero attached hydrogens (tertiary/aromatic N) is 1. The summed E-state index contributed by atoms with van der Waals surface area (Å²) in [7, 11) is 0. The van der Waals surface area contributed by atoms with E-state index in [4.69, 9.17) is 4.74 Å². The Labute approximate surface area is 233 Å². The Morgan fingerprint density at radius 1 is 0.974 bits per heavy atom. The standard InChI is InChI=1S/C31H45N3O5/c1-11-31(9,10)34(28(37)24(19(2)3)33-29(38)39-30(6,7)8)26(22-16-13-17-23(35)18-22)27(36)32-25-20(4)14-12-15-21(25)5/h12-19,24,26,35H,11H2,1-10H3,(H,32,36)(H,33,38). The van der Waals surface area contributed by atoms with E-state index in [1.165, 1.54) is 17.0 Å². The van der Waals surface area contributed by atoms with E-state index in [1.54, 1.807) is 32.9 Å². The van der Waals surface area contributed by atoms with E-state index < -0.39 is 41.1 Å². The number of aryl methyl sites for hydroxylation is 2. The van der Waals surface area contributed by atoms with Gasteiger partial charge in [0.25, 0.3) is 5.91 Å². The molecule has 3 amide bonds. The predicted molar refractivity (Wildman–Crippen MR) is 155 cm³/mol. The maximum atomic E-state index is 14.4. The van der Waals surface area contributed by atoms with Gasteiger partial charge in [-0.2, -0.15) is 0 Å². The van der Waals surface area contributed by atoms with Gasteiger partial charge in [0.15, 0.2) is 0 Å². The molecule has 2 unspecified atom stereocenters. The molecule has 0 bridgehead atoms. The highest BCUT2D eigenvalue weighted by atomic mass is 16.6. The molecule has 3 N–H and O–H groups in total. The maximum Gasteiger partial charge on any atom is 0.408 e. The van der Waals surface area contributed by atoms with E-state index in [9.17, 15) is 19.5 Å². The highest BCUT2D eigenvalue weighted by molar-refractivity contribution is 6.00. The molecule has 2 rings (SSSR count). The van der Waals surface area contributed by atoms with Crippen molar-refractivity contribution in [2.24, 2.45) is 5.92 Å². The first-order valence-corrected chi connectivity index (χ1v) is 13.5. The molecule has 0 aliphatic heterocycles. The summed E-state index contributed by atoms with van der Waals surface area (Å²) in [5.74, 6) is -1.17. The van der Waals surface area contributed by atoms with Crippen LogP contribution < -0.4 is 10.6 Å². The van der Waals surface area contributed by atoms with Crippen LogP contribution >= 0.6 is 0 Å². The monoisotopic (exact) mass is 539 g/mol. The van der Waals surface area contributed by atoms with Crippen LogP contribution in [-0.4, -0.2) is 45.1 Å². The molecule has 8 heteroatoms. The summed E-state index contributed by atoms with van der Waals surface area (Å²) < 4.78 is 5.44. The maximum absolute atomic E-state index is 14.4. The molecule has 0 saturated carbocycles. The third-order valence-corrected chi connectivity index (χ3v) is 6.78. The van der Waals surface area contributed by atoms with E-state index in [1.807, 2.05) is 66.7 Å². The molecular weight excluding hydrogens is 494 g/mol. The van der Waals surface area contributed by atoms with Crippen LogP contribution in [0.4, 0.5) is 10.5 Å². The Hall–Kier alpha value is -3.55. The predicted octanol–water partition coefficient (Wildman–Crippen LogP) is 6.26. The first-order chi connectivity index (χ1) is 18.0. The van der Waals surface area contributed by atoms with Crippen LogP contribution in [0, 0.1) is 19.8 Å². The normalized spacial score (nSPS) is 13.4. The van der Waals surface area contributed by atoms with E-state index in [-0.39, 0.29) is 11.7 Å². The average molecular weight is 540 g/mol. The number of alkyl carbamates (subject to hydrolysis) is 1. The minimum atomic E-state index is -1.10. The molecule has 0 aliphatic carbocycles. The summed E-state index contributed by atoms with van der Waals surface area (Å²) in [6.45, 7) is 18.4. The summed E-state index contributed by atoms with van der Waals surface area (Å²) in [4.78, 5) is 42.8. The van der Waals surface area contributed by atoms with Crippen molar-refractivity contribution in [1.29, 1.82) is 0 Å². The Kier molecular flexibility index (Phi) is 10.2. The molecule has 2 aromatic rings. The van der Waals surface area contributed by atoms with Crippen LogP contribution in [-0.2, 0) is 14.3 Å². The van der Waals surface area contributed by atoms with Gasteiger partial charge in [0.1, 0.15) is 23.4 Å². The number of phenolic OH excluding ortho intramolecular Hbond substituents is 1. The number of nitrogens with one attached hydrogen (secondary N) is 2. The second-order valence-corrected chi connectivity index (χ2v) is 12.0. The van der Waals surface area contributed by atoms with Crippen molar-refractivity contribution >= 4 is 23.6 Å². The number of carbonyl (C=O) groups is 3. The lowest BCUT2D eigenvalue weighted by Crippen LogP contribution is -2.60. The Morgan fingerprint density at radius 2 is 1.54 bits per heavy atom. The average Bonchev–Trinajstić information content (AvgIpc) is 2.81. The fourth-order valence-electron chi connectivity index (χ4n) is 4.36. The van der Waals surface area contributed by atoms with Crippen LogP contribution in [0.3, 0.4) is 0 Å². The van der Waals surface area contributed by atoms with E-state index in [2.05, 4.69) is 10.6 Å². The third-order valence-electron chi connectivity index (χ3n) is 6.78. The molecule has 214 valence electrons. The molecule has 0 saturated heterocycles. The van der Waals surface area contributed by atoms with Crippen LogP contribution in [0.15, 0.2) is 42.5 Å². The molecule has 0 radical (unpaired) electrons. The van der Waals surface area contributed by atoms with E-state index >= 15 is 0 Å². The van der Waals surface area contributed by atoms with Crippen LogP contribution in [0.1, 0.15) is 84.5 Å². The van der Waals surface area contributed by atoms with Crippen molar-refractivity contribution in [3.63, 3.8) is 0 Å². The van der Waals surface area contributed by atoms with Crippen molar-refractivity contribution in [3.05, 3.63) is 59.2 Å². The number of hydrogen-bond donors (Lipinski definition) is 3. The fraction of sp³-hybridized carbons (Fsp3) is 0.516. The zero-order valence-electron chi connectivity index (χ0n) is 25.0. The van der Waals surface area contributed by atoms with Crippen molar-refractivity contribution in [1.82, 2.24) is 10.2 Å². The first kappa shape index (κ1) is 31.7. The fourth-order valence-corrected chi connectivity index (χ4v) is 4.36. The zero-order chi connectivity index (χ0) is 29.7. The number of para-hydroxylation sites is 1. The van der Waals surface area contributed by atoms with Crippen molar-refractivity contribution in [2.75, 3.05) is 5.32 Å². The lowest BCUT2D eigenvalue weighted by molar-refractivity contribution is -0.148. The smallest absolute Gasteiger partial charge is 0.408 e. The van der Waals surface area contributed by atoms with Gasteiger partial charge in [0.2, 0.25) is 5.91 Å². The minimum absolute atomic E-state index is 0.0219. The number of phenols is 1. The van der Waals surface area contributed by atoms with Crippen LogP contribution in [0.25, 0.3) is 0 Å². The number of carbonyl (C=O) groups excluding carboxylic acids is 3. The highest BCUT2D eigenvalue weighted by Crippen LogP contribution is 2.35. The van der Waals surface area contributed by atoms with Crippen molar-refractivity contribution < 1.29 is 24.2 Å². The molecular formula is C31H45N3O5. The molecule has 0 heterocycles. The summed E-state index contributed by atoms with van der Waals surface area (Å²) in [5, 5.41) is 16.1. The van der Waals surface area contributed by atoms with Gasteiger partial charge in [0.05, 0.1) is 0 Å². The van der Waals surface area contributed by atoms with Crippen LogP contribution in [0.2, 0.25) is 0 Å². The van der Waals surface area contributed by atoms with Gasteiger partial charge in [-0.05, 0) is 89.6 Å². The van der Waals surface area contributed by atoms with Gasteiger partial charge in [-0.3, -0.25) is 9.59 Å². The third kappa shape index (κ3) is 8.22. The van der Waals surface area contributed by atoms with E-state index in [0.29, 0.717) is 17.7 Å². The van der Waals surface area contributed by atoms with E-state index in [0.717, 1.165) is 11.1 Å². The number of aromatic hydroxyl groups is 1. The zero-order valence-corrected chi connectivity index (χ0v) is 25.0. The molecule has 39 heavy (non-hydrogen) atoms. The van der Waals surface area contributed by atoms with Gasteiger partial charge in [0, 0.05) is 11.2 Å². The summed E-state index contributed by atoms with van der Waals surface area (Å²) in [6, 6.07) is 10.0. The number of benzene rings is 2. The van der Waals surface area contributed by atoms with Crippen LogP contribution in [0.5, 0.6) is 5.75 Å². The van der Waals surface area contributed by atoms with Gasteiger partial charge in [-0.25, -0.2) is 4.79 Å². The quantitative estimate of drug-likeness (QED) is 0.349. The molecule has 0 spiro atoms. The second-order valence-electron chi connectivity index (χ2n) is 12.0. The topological polar surface area (TPSA) is 108 Å². The summed E-state index contributed by atoms with van der Waals surface area (Å²) in [5.41, 5.74) is 1.35. The number of rotatable bonds is 9. The Morgan fingerprint density at radius 3 is 2.03 bits per heavy atom. The number of amides is 3. The number of hydrogen-bond acceptors (Lipinski definition) is 5. The molecule has 0 fully saturated rings. The Balaban J connectivity index is 2.67. The van der Waals surface area contributed by atoms with Crippen molar-refractivity contribution in [3.8, 4) is 5.75 Å². The van der Waals surface area contributed by atoms with Crippen molar-refractivity contribution in [2.45, 2.75) is 98.9 Å². The molecule has 8 nitrogen and oxygen atoms in total. The number of ether oxygens (including phenoxy) is 1. The largest absolute Gasteiger partial charge is 0.508 e. The minimum Gasteiger partial charge on any atom is -0.508 e. The van der Waals surface area contributed by atoms with Gasteiger partial charge in [-0.1, -0.05) is 51.1 Å². The lowest BCUT2D eigenvalue weighted by atomic mass is 9.90. The van der Waals surface area contributed by atoms with Gasteiger partial charge < -0.3 is 25.4 Å². The SMILES string of the molecule is CCC(C)(C)N(C(=O)C(NC(=O)OC(C)(C)C)C(C)C)C(C(=O)Nc1c(C)cccc1C)c1cccc(O)c1. The summed E-state index contributed by atoms with van der Waals surface area (Å²) in [6.07, 6.45) is -0.181. The molecule has 0 aromatic heterocycles.